The van der Waals surface area contributed by atoms with Gasteiger partial charge < -0.3 is 15.4 Å². The van der Waals surface area contributed by atoms with Crippen molar-refractivity contribution < 1.29 is 4.74 Å². The maximum Gasteiger partial charge on any atom is 0.149 e. The van der Waals surface area contributed by atoms with E-state index in [0.717, 1.165) is 37.9 Å². The number of aromatic nitrogens is 1. The Hall–Kier alpha value is -3.76. The van der Waals surface area contributed by atoms with E-state index < -0.39 is 5.92 Å². The van der Waals surface area contributed by atoms with Gasteiger partial charge in [0.1, 0.15) is 40.7 Å². The standard InChI is InChI=1S/C22H22N6O/c1-29-17-7-5-6-15(11-17)10-16(12-23)20-18(13-24)21(26)27-22(19(20)14-25)28-8-3-2-4-9-28/h5-7,11,16H,2-4,8-10H2,1H3,(H2,26,27)/t16-/m0/s1. The number of pyridine rings is 1. The molecule has 1 aliphatic heterocycles. The van der Waals surface area contributed by atoms with Crippen molar-refractivity contribution in [3.05, 3.63) is 46.5 Å². The van der Waals surface area contributed by atoms with Gasteiger partial charge in [-0.1, -0.05) is 12.1 Å². The molecule has 0 spiro atoms. The number of ether oxygens (including phenoxy) is 1. The van der Waals surface area contributed by atoms with Crippen molar-refractivity contribution in [3.63, 3.8) is 0 Å². The van der Waals surface area contributed by atoms with Gasteiger partial charge >= 0.3 is 0 Å². The van der Waals surface area contributed by atoms with Crippen molar-refractivity contribution in [2.45, 2.75) is 31.6 Å². The van der Waals surface area contributed by atoms with E-state index in [1.807, 2.05) is 29.2 Å². The number of anilines is 2. The lowest BCUT2D eigenvalue weighted by molar-refractivity contribution is 0.414. The number of hydrogen-bond acceptors (Lipinski definition) is 7. The van der Waals surface area contributed by atoms with E-state index in [1.54, 1.807) is 7.11 Å². The summed E-state index contributed by atoms with van der Waals surface area (Å²) in [6.45, 7) is 1.55. The van der Waals surface area contributed by atoms with Crippen LogP contribution in [0.1, 0.15) is 47.4 Å². The molecule has 0 bridgehead atoms. The third-order valence-corrected chi connectivity index (χ3v) is 5.20. The third kappa shape index (κ3) is 4.08. The number of piperidine rings is 1. The highest BCUT2D eigenvalue weighted by Gasteiger charge is 2.28. The smallest absolute Gasteiger partial charge is 0.149 e. The summed E-state index contributed by atoms with van der Waals surface area (Å²) in [4.78, 5) is 6.41. The van der Waals surface area contributed by atoms with Crippen LogP contribution >= 0.6 is 0 Å². The normalized spacial score (nSPS) is 14.3. The number of methoxy groups -OCH3 is 1. The van der Waals surface area contributed by atoms with Crippen LogP contribution in [0, 0.1) is 34.0 Å². The van der Waals surface area contributed by atoms with Gasteiger partial charge in [0.05, 0.1) is 19.1 Å². The number of benzene rings is 1. The summed E-state index contributed by atoms with van der Waals surface area (Å²) in [5.41, 5.74) is 7.72. The average Bonchev–Trinajstić information content (AvgIpc) is 2.77. The minimum Gasteiger partial charge on any atom is -0.497 e. The summed E-state index contributed by atoms with van der Waals surface area (Å²) in [6.07, 6.45) is 3.48. The van der Waals surface area contributed by atoms with Crippen LogP contribution in [0.15, 0.2) is 24.3 Å². The highest BCUT2D eigenvalue weighted by atomic mass is 16.5. The van der Waals surface area contributed by atoms with Gasteiger partial charge in [0.15, 0.2) is 0 Å². The second-order valence-corrected chi connectivity index (χ2v) is 6.99. The Morgan fingerprint density at radius 1 is 1.14 bits per heavy atom. The van der Waals surface area contributed by atoms with Gasteiger partial charge in [-0.05, 0) is 43.4 Å². The van der Waals surface area contributed by atoms with E-state index in [9.17, 15) is 15.8 Å². The number of hydrogen-bond donors (Lipinski definition) is 1. The van der Waals surface area contributed by atoms with Crippen molar-refractivity contribution in [1.29, 1.82) is 15.8 Å². The Morgan fingerprint density at radius 2 is 1.86 bits per heavy atom. The molecule has 1 aromatic carbocycles. The average molecular weight is 386 g/mol. The fourth-order valence-corrected chi connectivity index (χ4v) is 3.77. The van der Waals surface area contributed by atoms with E-state index in [-0.39, 0.29) is 16.9 Å². The Morgan fingerprint density at radius 3 is 2.48 bits per heavy atom. The lowest BCUT2D eigenvalue weighted by atomic mass is 9.87. The van der Waals surface area contributed by atoms with Crippen LogP contribution in [0.2, 0.25) is 0 Å². The van der Waals surface area contributed by atoms with Crippen molar-refractivity contribution in [1.82, 2.24) is 4.98 Å². The van der Waals surface area contributed by atoms with E-state index in [4.69, 9.17) is 10.5 Å². The van der Waals surface area contributed by atoms with Crippen molar-refractivity contribution in [2.75, 3.05) is 30.8 Å². The molecule has 2 heterocycles. The van der Waals surface area contributed by atoms with Crippen LogP contribution in [-0.2, 0) is 6.42 Å². The molecule has 0 radical (unpaired) electrons. The second kappa shape index (κ2) is 8.95. The van der Waals surface area contributed by atoms with Crippen LogP contribution in [0.5, 0.6) is 5.75 Å². The molecule has 7 nitrogen and oxygen atoms in total. The molecule has 0 aliphatic carbocycles. The summed E-state index contributed by atoms with van der Waals surface area (Å²) >= 11 is 0. The molecule has 0 amide bonds. The summed E-state index contributed by atoms with van der Waals surface area (Å²) < 4.78 is 5.26. The molecular formula is C22H22N6O. The first kappa shape index (κ1) is 20.0. The molecule has 2 N–H and O–H groups in total. The first-order valence-electron chi connectivity index (χ1n) is 9.54. The molecule has 0 saturated carbocycles. The highest BCUT2D eigenvalue weighted by molar-refractivity contribution is 5.70. The zero-order chi connectivity index (χ0) is 20.8. The highest BCUT2D eigenvalue weighted by Crippen LogP contribution is 2.35. The van der Waals surface area contributed by atoms with Gasteiger partial charge in [-0.25, -0.2) is 4.98 Å². The fraction of sp³-hybridized carbons (Fsp3) is 0.364. The van der Waals surface area contributed by atoms with E-state index in [2.05, 4.69) is 23.2 Å². The van der Waals surface area contributed by atoms with Crippen LogP contribution in [0.3, 0.4) is 0 Å². The molecule has 1 atom stereocenters. The van der Waals surface area contributed by atoms with E-state index >= 15 is 0 Å². The van der Waals surface area contributed by atoms with Gasteiger partial charge in [0.2, 0.25) is 0 Å². The van der Waals surface area contributed by atoms with Gasteiger partial charge in [0, 0.05) is 18.7 Å². The van der Waals surface area contributed by atoms with E-state index in [1.165, 1.54) is 0 Å². The lowest BCUT2D eigenvalue weighted by Gasteiger charge is -2.30. The van der Waals surface area contributed by atoms with Crippen LogP contribution in [-0.4, -0.2) is 25.2 Å². The monoisotopic (exact) mass is 386 g/mol. The summed E-state index contributed by atoms with van der Waals surface area (Å²) in [5, 5.41) is 29.6. The van der Waals surface area contributed by atoms with E-state index in [0.29, 0.717) is 23.6 Å². The molecule has 7 heteroatoms. The Balaban J connectivity index is 2.12. The molecular weight excluding hydrogens is 364 g/mol. The minimum absolute atomic E-state index is 0.0629. The first-order valence-corrected chi connectivity index (χ1v) is 9.54. The molecule has 1 saturated heterocycles. The number of rotatable bonds is 5. The van der Waals surface area contributed by atoms with Crippen LogP contribution < -0.4 is 15.4 Å². The lowest BCUT2D eigenvalue weighted by Crippen LogP contribution is -2.31. The maximum absolute atomic E-state index is 9.94. The molecule has 146 valence electrons. The summed E-state index contributed by atoms with van der Waals surface area (Å²) in [6, 6.07) is 13.9. The number of nitriles is 3. The predicted octanol–water partition coefficient (Wildman–Crippen LogP) is 3.26. The third-order valence-electron chi connectivity index (χ3n) is 5.20. The maximum atomic E-state index is 9.94. The Labute approximate surface area is 170 Å². The SMILES string of the molecule is COc1cccc(C[C@@H](C#N)c2c(C#N)c(N)nc(N3CCCCC3)c2C#N)c1. The Kier molecular flexibility index (Phi) is 6.17. The number of nitrogens with two attached hydrogens (primary N) is 1. The fourth-order valence-electron chi connectivity index (χ4n) is 3.77. The number of nitrogens with zero attached hydrogens (tertiary/aromatic N) is 5. The van der Waals surface area contributed by atoms with Gasteiger partial charge in [-0.3, -0.25) is 0 Å². The predicted molar refractivity (Wildman–Crippen MR) is 109 cm³/mol. The van der Waals surface area contributed by atoms with Crippen LogP contribution in [0.4, 0.5) is 11.6 Å². The first-order chi connectivity index (χ1) is 14.1. The van der Waals surface area contributed by atoms with Gasteiger partial charge in [-0.15, -0.1) is 0 Å². The molecule has 1 fully saturated rings. The van der Waals surface area contributed by atoms with Gasteiger partial charge in [-0.2, -0.15) is 15.8 Å². The zero-order valence-electron chi connectivity index (χ0n) is 16.4. The molecule has 2 aromatic rings. The van der Waals surface area contributed by atoms with Crippen molar-refractivity contribution in [2.24, 2.45) is 0 Å². The Bertz CT molecular complexity index is 1020. The zero-order valence-corrected chi connectivity index (χ0v) is 16.4. The molecule has 29 heavy (non-hydrogen) atoms. The minimum atomic E-state index is -0.708. The second-order valence-electron chi connectivity index (χ2n) is 6.99. The van der Waals surface area contributed by atoms with Crippen molar-refractivity contribution in [3.8, 4) is 24.0 Å². The number of nitrogen functional groups attached to an aromatic ring is 1. The summed E-state index contributed by atoms with van der Waals surface area (Å²) in [7, 11) is 1.58. The molecule has 1 aromatic heterocycles. The van der Waals surface area contributed by atoms with Crippen molar-refractivity contribution >= 4 is 11.6 Å². The van der Waals surface area contributed by atoms with Crippen LogP contribution in [0.25, 0.3) is 0 Å². The molecule has 0 unspecified atom stereocenters. The molecule has 3 rings (SSSR count). The topological polar surface area (TPSA) is 123 Å². The quantitative estimate of drug-likeness (QED) is 0.836. The molecule has 1 aliphatic rings. The largest absolute Gasteiger partial charge is 0.497 e. The van der Waals surface area contributed by atoms with Gasteiger partial charge in [0.25, 0.3) is 0 Å². The summed E-state index contributed by atoms with van der Waals surface area (Å²) in [5.74, 6) is 0.515.